The van der Waals surface area contributed by atoms with Gasteiger partial charge < -0.3 is 19.1 Å². The van der Waals surface area contributed by atoms with Crippen LogP contribution in [0.15, 0.2) is 30.3 Å². The number of hydrogen-bond donors (Lipinski definition) is 0. The van der Waals surface area contributed by atoms with Crippen molar-refractivity contribution in [3.8, 4) is 5.75 Å². The Morgan fingerprint density at radius 1 is 1.00 bits per heavy atom. The molecule has 0 bridgehead atoms. The summed E-state index contributed by atoms with van der Waals surface area (Å²) in [5.74, 6) is 0.369. The molecule has 0 atom stereocenters. The number of carbonyl (C=O) groups excluding carboxylic acids is 2. The summed E-state index contributed by atoms with van der Waals surface area (Å²) in [5, 5.41) is 0. The Hall–Kier alpha value is -2.34. The lowest BCUT2D eigenvalue weighted by molar-refractivity contribution is -0.143. The minimum absolute atomic E-state index is 0.135. The van der Waals surface area contributed by atoms with E-state index in [4.69, 9.17) is 14.2 Å². The quantitative estimate of drug-likeness (QED) is 0.300. The van der Waals surface area contributed by atoms with Crippen LogP contribution in [0.5, 0.6) is 5.75 Å². The molecule has 0 saturated heterocycles. The van der Waals surface area contributed by atoms with E-state index in [1.54, 1.807) is 17.9 Å². The molecule has 0 fully saturated rings. The fourth-order valence-electron chi connectivity index (χ4n) is 2.41. The van der Waals surface area contributed by atoms with Crippen molar-refractivity contribution < 1.29 is 23.8 Å². The molecule has 27 heavy (non-hydrogen) atoms. The second kappa shape index (κ2) is 13.8. The molecule has 0 N–H and O–H groups in total. The van der Waals surface area contributed by atoms with Crippen LogP contribution in [0.25, 0.3) is 6.08 Å². The maximum Gasteiger partial charge on any atom is 0.307 e. The Kier molecular flexibility index (Phi) is 11.6. The molecule has 0 aromatic heterocycles. The van der Waals surface area contributed by atoms with Gasteiger partial charge in [-0.3, -0.25) is 9.59 Å². The van der Waals surface area contributed by atoms with Crippen LogP contribution in [0.1, 0.15) is 39.2 Å². The van der Waals surface area contributed by atoms with Crippen molar-refractivity contribution >= 4 is 18.0 Å². The summed E-state index contributed by atoms with van der Waals surface area (Å²) in [6.07, 6.45) is 4.20. The number of carbonyl (C=O) groups is 2. The van der Waals surface area contributed by atoms with E-state index >= 15 is 0 Å². The number of nitrogens with zero attached hydrogens (tertiary/aromatic N) is 1. The zero-order valence-corrected chi connectivity index (χ0v) is 16.6. The Morgan fingerprint density at radius 2 is 1.74 bits per heavy atom. The molecule has 0 saturated carbocycles. The van der Waals surface area contributed by atoms with Gasteiger partial charge in [-0.05, 0) is 51.0 Å². The number of hydrogen-bond acceptors (Lipinski definition) is 5. The fourth-order valence-corrected chi connectivity index (χ4v) is 2.41. The van der Waals surface area contributed by atoms with Crippen molar-refractivity contribution in [2.45, 2.75) is 33.6 Å². The summed E-state index contributed by atoms with van der Waals surface area (Å²) in [4.78, 5) is 25.8. The normalized spacial score (nSPS) is 10.8. The molecule has 0 aliphatic heterocycles. The largest absolute Gasteiger partial charge is 0.494 e. The zero-order valence-electron chi connectivity index (χ0n) is 16.6. The third-order valence-electron chi connectivity index (χ3n) is 3.73. The van der Waals surface area contributed by atoms with Crippen LogP contribution in [0.4, 0.5) is 0 Å². The van der Waals surface area contributed by atoms with Crippen molar-refractivity contribution in [3.05, 3.63) is 35.9 Å². The highest BCUT2D eigenvalue weighted by Crippen LogP contribution is 2.13. The molecular formula is C21H31NO5. The van der Waals surface area contributed by atoms with Crippen LogP contribution >= 0.6 is 0 Å². The Morgan fingerprint density at radius 3 is 2.37 bits per heavy atom. The van der Waals surface area contributed by atoms with E-state index in [1.807, 2.05) is 38.1 Å². The summed E-state index contributed by atoms with van der Waals surface area (Å²) in [6.45, 7) is 8.69. The highest BCUT2D eigenvalue weighted by molar-refractivity contribution is 5.92. The Balaban J connectivity index is 2.64. The van der Waals surface area contributed by atoms with Gasteiger partial charge in [-0.1, -0.05) is 12.1 Å². The number of ether oxygens (including phenoxy) is 3. The van der Waals surface area contributed by atoms with Crippen molar-refractivity contribution in [1.29, 1.82) is 0 Å². The minimum Gasteiger partial charge on any atom is -0.494 e. The van der Waals surface area contributed by atoms with Gasteiger partial charge in [-0.25, -0.2) is 0 Å². The van der Waals surface area contributed by atoms with Gasteiger partial charge in [0.15, 0.2) is 0 Å². The highest BCUT2D eigenvalue weighted by atomic mass is 16.5. The first-order valence-corrected chi connectivity index (χ1v) is 9.53. The summed E-state index contributed by atoms with van der Waals surface area (Å²) in [5.41, 5.74) is 0.909. The zero-order chi connectivity index (χ0) is 19.9. The third kappa shape index (κ3) is 9.80. The van der Waals surface area contributed by atoms with E-state index in [0.29, 0.717) is 39.5 Å². The summed E-state index contributed by atoms with van der Waals surface area (Å²) < 4.78 is 15.7. The van der Waals surface area contributed by atoms with Gasteiger partial charge in [0.25, 0.3) is 0 Å². The predicted molar refractivity (Wildman–Crippen MR) is 106 cm³/mol. The van der Waals surface area contributed by atoms with Crippen molar-refractivity contribution in [3.63, 3.8) is 0 Å². The average Bonchev–Trinajstić information content (AvgIpc) is 2.67. The standard InChI is InChI=1S/C21H31NO5/c1-4-25-17-7-15-22(16-14-21(24)27-6-3)20(23)13-10-18-8-11-19(12-9-18)26-5-2/h8-13H,4-7,14-17H2,1-3H3/b13-10+. The van der Waals surface area contributed by atoms with E-state index in [-0.39, 0.29) is 18.3 Å². The number of rotatable bonds is 13. The van der Waals surface area contributed by atoms with Gasteiger partial charge in [0.05, 0.1) is 19.6 Å². The van der Waals surface area contributed by atoms with Gasteiger partial charge in [0.1, 0.15) is 5.75 Å². The maximum absolute atomic E-state index is 12.5. The molecule has 1 amide bonds. The molecule has 1 aromatic rings. The molecule has 0 heterocycles. The van der Waals surface area contributed by atoms with Gasteiger partial charge in [0, 0.05) is 32.4 Å². The monoisotopic (exact) mass is 377 g/mol. The van der Waals surface area contributed by atoms with Crippen LogP contribution < -0.4 is 4.74 Å². The summed E-state index contributed by atoms with van der Waals surface area (Å²) in [6, 6.07) is 7.53. The van der Waals surface area contributed by atoms with Crippen molar-refractivity contribution in [1.82, 2.24) is 4.90 Å². The number of benzene rings is 1. The molecule has 0 aliphatic rings. The SMILES string of the molecule is CCOCCCN(CCC(=O)OCC)C(=O)/C=C/c1ccc(OCC)cc1. The van der Waals surface area contributed by atoms with E-state index < -0.39 is 0 Å². The van der Waals surface area contributed by atoms with Crippen molar-refractivity contribution in [2.75, 3.05) is 39.5 Å². The van der Waals surface area contributed by atoms with Crippen LogP contribution in [0.3, 0.4) is 0 Å². The lowest BCUT2D eigenvalue weighted by atomic mass is 10.2. The maximum atomic E-state index is 12.5. The molecule has 0 aliphatic carbocycles. The second-order valence-corrected chi connectivity index (χ2v) is 5.77. The van der Waals surface area contributed by atoms with Gasteiger partial charge in [-0.2, -0.15) is 0 Å². The Bertz CT molecular complexity index is 583. The van der Waals surface area contributed by atoms with E-state index in [9.17, 15) is 9.59 Å². The van der Waals surface area contributed by atoms with Gasteiger partial charge in [0.2, 0.25) is 5.91 Å². The van der Waals surface area contributed by atoms with Crippen molar-refractivity contribution in [2.24, 2.45) is 0 Å². The van der Waals surface area contributed by atoms with E-state index in [0.717, 1.165) is 17.7 Å². The lowest BCUT2D eigenvalue weighted by Gasteiger charge is -2.20. The van der Waals surface area contributed by atoms with Crippen LogP contribution in [-0.4, -0.2) is 56.3 Å². The number of esters is 1. The highest BCUT2D eigenvalue weighted by Gasteiger charge is 2.13. The second-order valence-electron chi connectivity index (χ2n) is 5.77. The smallest absolute Gasteiger partial charge is 0.307 e. The molecule has 150 valence electrons. The summed E-state index contributed by atoms with van der Waals surface area (Å²) >= 11 is 0. The first kappa shape index (κ1) is 22.7. The molecule has 0 radical (unpaired) electrons. The molecule has 0 unspecified atom stereocenters. The van der Waals surface area contributed by atoms with Crippen LogP contribution in [-0.2, 0) is 19.1 Å². The van der Waals surface area contributed by atoms with E-state index in [2.05, 4.69) is 0 Å². The van der Waals surface area contributed by atoms with Gasteiger partial charge in [-0.15, -0.1) is 0 Å². The molecule has 1 aromatic carbocycles. The van der Waals surface area contributed by atoms with E-state index in [1.165, 1.54) is 6.08 Å². The molecular weight excluding hydrogens is 346 g/mol. The molecule has 6 heteroatoms. The minimum atomic E-state index is -0.296. The first-order chi connectivity index (χ1) is 13.1. The number of amides is 1. The topological polar surface area (TPSA) is 65.1 Å². The molecule has 6 nitrogen and oxygen atoms in total. The van der Waals surface area contributed by atoms with Crippen LogP contribution in [0, 0.1) is 0 Å². The molecule has 0 spiro atoms. The molecule has 1 rings (SSSR count). The Labute approximate surface area is 162 Å². The summed E-state index contributed by atoms with van der Waals surface area (Å²) in [7, 11) is 0. The fraction of sp³-hybridized carbons (Fsp3) is 0.524. The van der Waals surface area contributed by atoms with Crippen LogP contribution in [0.2, 0.25) is 0 Å². The van der Waals surface area contributed by atoms with Gasteiger partial charge >= 0.3 is 5.97 Å². The third-order valence-corrected chi connectivity index (χ3v) is 3.73. The average molecular weight is 377 g/mol. The predicted octanol–water partition coefficient (Wildman–Crippen LogP) is 3.31. The first-order valence-electron chi connectivity index (χ1n) is 9.53. The lowest BCUT2D eigenvalue weighted by Crippen LogP contribution is -2.33.